The largest absolute Gasteiger partial charge is 0.444 e. The minimum atomic E-state index is -0.329. The van der Waals surface area contributed by atoms with Gasteiger partial charge in [0.25, 0.3) is 6.47 Å². The summed E-state index contributed by atoms with van der Waals surface area (Å²) in [5.74, 6) is 0.0341. The average molecular weight is 143 g/mol. The molecule has 0 aromatic rings. The van der Waals surface area contributed by atoms with E-state index in [4.69, 9.17) is 0 Å². The van der Waals surface area contributed by atoms with Gasteiger partial charge in [0.05, 0.1) is 0 Å². The van der Waals surface area contributed by atoms with Gasteiger partial charge in [-0.3, -0.25) is 9.59 Å². The number of carbonyl (C=O) groups is 2. The molecule has 4 heteroatoms. The summed E-state index contributed by atoms with van der Waals surface area (Å²) in [6.45, 7) is 0.375. The number of amides is 1. The Balaban J connectivity index is 2.48. The molecule has 1 unspecified atom stereocenters. The second-order valence-corrected chi connectivity index (χ2v) is 2.23. The summed E-state index contributed by atoms with van der Waals surface area (Å²) in [6, 6.07) is 0. The lowest BCUT2D eigenvalue weighted by atomic mass is 10.4. The summed E-state index contributed by atoms with van der Waals surface area (Å²) in [6.07, 6.45) is 0.772. The van der Waals surface area contributed by atoms with Crippen molar-refractivity contribution >= 4 is 12.4 Å². The number of hydrogen-bond acceptors (Lipinski definition) is 3. The van der Waals surface area contributed by atoms with Gasteiger partial charge in [0.15, 0.2) is 6.23 Å². The van der Waals surface area contributed by atoms with E-state index in [2.05, 4.69) is 4.74 Å². The molecule has 10 heavy (non-hydrogen) atoms. The monoisotopic (exact) mass is 143 g/mol. The van der Waals surface area contributed by atoms with Gasteiger partial charge < -0.3 is 9.64 Å². The van der Waals surface area contributed by atoms with Gasteiger partial charge in [-0.25, -0.2) is 0 Å². The van der Waals surface area contributed by atoms with E-state index in [1.807, 2.05) is 0 Å². The third-order valence-electron chi connectivity index (χ3n) is 1.64. The maximum atomic E-state index is 10.8. The number of ether oxygens (including phenoxy) is 1. The number of rotatable bonds is 2. The second-order valence-electron chi connectivity index (χ2n) is 2.23. The number of nitrogens with zero attached hydrogens (tertiary/aromatic N) is 1. The molecule has 0 spiro atoms. The fourth-order valence-corrected chi connectivity index (χ4v) is 1.00. The molecule has 4 nitrogen and oxygen atoms in total. The summed E-state index contributed by atoms with van der Waals surface area (Å²) >= 11 is 0. The van der Waals surface area contributed by atoms with Crippen molar-refractivity contribution < 1.29 is 14.3 Å². The normalized spacial score (nSPS) is 25.1. The minimum absolute atomic E-state index is 0.0341. The zero-order valence-electron chi connectivity index (χ0n) is 5.74. The number of carbonyl (C=O) groups excluding carboxylic acids is 2. The highest BCUT2D eigenvalue weighted by Crippen LogP contribution is 2.15. The maximum Gasteiger partial charge on any atom is 0.295 e. The average Bonchev–Trinajstić information content (AvgIpc) is 2.20. The first-order chi connectivity index (χ1) is 4.75. The lowest BCUT2D eigenvalue weighted by Crippen LogP contribution is -2.30. The summed E-state index contributed by atoms with van der Waals surface area (Å²) in [5, 5.41) is 0. The van der Waals surface area contributed by atoms with Crippen LogP contribution in [0, 0.1) is 0 Å². The molecule has 1 aliphatic heterocycles. The van der Waals surface area contributed by atoms with Crippen molar-refractivity contribution in [2.75, 3.05) is 7.05 Å². The van der Waals surface area contributed by atoms with E-state index < -0.39 is 0 Å². The molecule has 0 aromatic heterocycles. The highest BCUT2D eigenvalue weighted by atomic mass is 16.5. The molecule has 1 saturated heterocycles. The van der Waals surface area contributed by atoms with Crippen molar-refractivity contribution in [3.05, 3.63) is 0 Å². The van der Waals surface area contributed by atoms with E-state index in [0.717, 1.165) is 0 Å². The lowest BCUT2D eigenvalue weighted by Gasteiger charge is -2.16. The van der Waals surface area contributed by atoms with Gasteiger partial charge in [-0.15, -0.1) is 0 Å². The smallest absolute Gasteiger partial charge is 0.295 e. The maximum absolute atomic E-state index is 10.8. The third-order valence-corrected chi connectivity index (χ3v) is 1.64. The van der Waals surface area contributed by atoms with Crippen LogP contribution in [0.2, 0.25) is 0 Å². The van der Waals surface area contributed by atoms with E-state index in [9.17, 15) is 9.59 Å². The molecule has 1 rings (SSSR count). The summed E-state index contributed by atoms with van der Waals surface area (Å²) in [7, 11) is 1.63. The topological polar surface area (TPSA) is 46.6 Å². The molecule has 1 aliphatic rings. The Kier molecular flexibility index (Phi) is 1.89. The van der Waals surface area contributed by atoms with Crippen LogP contribution in [0.4, 0.5) is 0 Å². The van der Waals surface area contributed by atoms with Crippen LogP contribution in [0.15, 0.2) is 0 Å². The highest BCUT2D eigenvalue weighted by molar-refractivity contribution is 5.78. The van der Waals surface area contributed by atoms with Crippen LogP contribution in [0.1, 0.15) is 12.8 Å². The highest BCUT2D eigenvalue weighted by Gasteiger charge is 2.28. The Morgan fingerprint density at radius 1 is 1.80 bits per heavy atom. The van der Waals surface area contributed by atoms with E-state index in [0.29, 0.717) is 19.3 Å². The van der Waals surface area contributed by atoms with E-state index >= 15 is 0 Å². The Labute approximate surface area is 58.8 Å². The van der Waals surface area contributed by atoms with Gasteiger partial charge in [-0.1, -0.05) is 0 Å². The van der Waals surface area contributed by atoms with E-state index in [-0.39, 0.29) is 12.1 Å². The SMILES string of the molecule is CN1C(=O)CCC1OC=O. The van der Waals surface area contributed by atoms with E-state index in [1.54, 1.807) is 7.05 Å². The predicted octanol–water partition coefficient (Wildman–Crippen LogP) is -0.262. The summed E-state index contributed by atoms with van der Waals surface area (Å²) < 4.78 is 4.61. The molecule has 1 amide bonds. The first kappa shape index (κ1) is 7.05. The van der Waals surface area contributed by atoms with Gasteiger partial charge in [0, 0.05) is 19.9 Å². The molecule has 1 heterocycles. The van der Waals surface area contributed by atoms with Gasteiger partial charge >= 0.3 is 0 Å². The Morgan fingerprint density at radius 3 is 2.90 bits per heavy atom. The zero-order valence-corrected chi connectivity index (χ0v) is 5.74. The molecular weight excluding hydrogens is 134 g/mol. The molecule has 0 aromatic carbocycles. The van der Waals surface area contributed by atoms with Gasteiger partial charge in [-0.05, 0) is 0 Å². The van der Waals surface area contributed by atoms with Crippen molar-refractivity contribution in [3.8, 4) is 0 Å². The molecule has 1 atom stereocenters. The minimum Gasteiger partial charge on any atom is -0.444 e. The molecule has 56 valence electrons. The van der Waals surface area contributed by atoms with Gasteiger partial charge in [0.2, 0.25) is 5.91 Å². The van der Waals surface area contributed by atoms with Crippen LogP contribution in [-0.2, 0) is 14.3 Å². The van der Waals surface area contributed by atoms with Crippen LogP contribution in [0.5, 0.6) is 0 Å². The molecule has 0 aliphatic carbocycles. The fraction of sp³-hybridized carbons (Fsp3) is 0.667. The van der Waals surface area contributed by atoms with E-state index in [1.165, 1.54) is 4.90 Å². The van der Waals surface area contributed by atoms with Crippen molar-refractivity contribution in [1.29, 1.82) is 0 Å². The summed E-state index contributed by atoms with van der Waals surface area (Å²) in [4.78, 5) is 22.1. The third kappa shape index (κ3) is 1.10. The quantitative estimate of drug-likeness (QED) is 0.500. The Hall–Kier alpha value is -1.06. The van der Waals surface area contributed by atoms with Crippen LogP contribution < -0.4 is 0 Å². The molecule has 0 bridgehead atoms. The predicted molar refractivity (Wildman–Crippen MR) is 32.9 cm³/mol. The standard InChI is InChI=1S/C6H9NO3/c1-7-5(9)2-3-6(7)10-4-8/h4,6H,2-3H2,1H3. The van der Waals surface area contributed by atoms with Gasteiger partial charge in [-0.2, -0.15) is 0 Å². The van der Waals surface area contributed by atoms with Crippen molar-refractivity contribution in [2.24, 2.45) is 0 Å². The van der Waals surface area contributed by atoms with Gasteiger partial charge in [0.1, 0.15) is 0 Å². The molecular formula is C6H9NO3. The van der Waals surface area contributed by atoms with Crippen LogP contribution in [0.3, 0.4) is 0 Å². The zero-order chi connectivity index (χ0) is 7.56. The molecule has 0 saturated carbocycles. The fourth-order valence-electron chi connectivity index (χ4n) is 1.00. The first-order valence-electron chi connectivity index (χ1n) is 3.10. The number of likely N-dealkylation sites (tertiary alicyclic amines) is 1. The summed E-state index contributed by atoms with van der Waals surface area (Å²) in [5.41, 5.74) is 0. The Bertz CT molecular complexity index is 157. The Morgan fingerprint density at radius 2 is 2.50 bits per heavy atom. The van der Waals surface area contributed by atoms with Crippen molar-refractivity contribution in [1.82, 2.24) is 4.90 Å². The second kappa shape index (κ2) is 2.68. The van der Waals surface area contributed by atoms with Crippen LogP contribution >= 0.6 is 0 Å². The van der Waals surface area contributed by atoms with Crippen molar-refractivity contribution in [3.63, 3.8) is 0 Å². The number of hydrogen-bond donors (Lipinski definition) is 0. The lowest BCUT2D eigenvalue weighted by molar-refractivity contribution is -0.145. The molecule has 0 N–H and O–H groups in total. The first-order valence-corrected chi connectivity index (χ1v) is 3.10. The molecule has 0 radical (unpaired) electrons. The van der Waals surface area contributed by atoms with Crippen molar-refractivity contribution in [2.45, 2.75) is 19.1 Å². The van der Waals surface area contributed by atoms with Crippen LogP contribution in [-0.4, -0.2) is 30.6 Å². The van der Waals surface area contributed by atoms with Crippen LogP contribution in [0.25, 0.3) is 0 Å². The molecule has 1 fully saturated rings.